The summed E-state index contributed by atoms with van der Waals surface area (Å²) >= 11 is 0. The number of aliphatic hydroxyl groups is 1. The minimum atomic E-state index is -4.44. The van der Waals surface area contributed by atoms with Crippen molar-refractivity contribution in [2.45, 2.75) is 49.7 Å². The second-order valence-electron chi connectivity index (χ2n) is 10.5. The molecule has 1 N–H and O–H groups in total. The Balaban J connectivity index is 1.74. The van der Waals surface area contributed by atoms with E-state index in [0.717, 1.165) is 24.0 Å². The molecular formula is C30H35F4NO4S. The Kier molecular flexibility index (Phi) is 10.4. The minimum Gasteiger partial charge on any atom is -0.494 e. The molecule has 0 bridgehead atoms. The van der Waals surface area contributed by atoms with Gasteiger partial charge in [0.15, 0.2) is 9.84 Å². The van der Waals surface area contributed by atoms with Gasteiger partial charge in [0.1, 0.15) is 11.6 Å². The third-order valence-electron chi connectivity index (χ3n) is 6.61. The first-order chi connectivity index (χ1) is 18.7. The topological polar surface area (TPSA) is 66.8 Å². The molecule has 0 fully saturated rings. The molecule has 218 valence electrons. The molecule has 3 aromatic carbocycles. The van der Waals surface area contributed by atoms with Crippen molar-refractivity contribution in [2.24, 2.45) is 0 Å². The average molecular weight is 582 g/mol. The maximum Gasteiger partial charge on any atom is 0.416 e. The van der Waals surface area contributed by atoms with Crippen LogP contribution in [0.2, 0.25) is 0 Å². The maximum absolute atomic E-state index is 13.5. The van der Waals surface area contributed by atoms with Crippen molar-refractivity contribution < 1.29 is 35.8 Å². The number of alkyl halides is 3. The van der Waals surface area contributed by atoms with Crippen LogP contribution in [0.5, 0.6) is 5.75 Å². The summed E-state index contributed by atoms with van der Waals surface area (Å²) in [5.41, 5.74) is 0.784. The molecule has 0 atom stereocenters. The van der Waals surface area contributed by atoms with E-state index in [-0.39, 0.29) is 36.9 Å². The first-order valence-electron chi connectivity index (χ1n) is 12.9. The van der Waals surface area contributed by atoms with E-state index in [1.165, 1.54) is 24.3 Å². The van der Waals surface area contributed by atoms with Gasteiger partial charge in [-0.3, -0.25) is 4.90 Å². The summed E-state index contributed by atoms with van der Waals surface area (Å²) in [5.74, 6) is 0.0270. The van der Waals surface area contributed by atoms with Gasteiger partial charge in [-0.15, -0.1) is 0 Å². The Hall–Kier alpha value is -2.95. The molecule has 0 aliphatic heterocycles. The van der Waals surface area contributed by atoms with Crippen LogP contribution >= 0.6 is 0 Å². The van der Waals surface area contributed by atoms with Gasteiger partial charge in [-0.2, -0.15) is 13.2 Å². The van der Waals surface area contributed by atoms with Crippen LogP contribution in [0, 0.1) is 5.82 Å². The number of halogens is 4. The van der Waals surface area contributed by atoms with Crippen molar-refractivity contribution in [1.29, 1.82) is 0 Å². The number of ether oxygens (including phenoxy) is 1. The van der Waals surface area contributed by atoms with Crippen LogP contribution in [0.3, 0.4) is 0 Å². The number of hydrogen-bond donors (Lipinski definition) is 1. The predicted octanol–water partition coefficient (Wildman–Crippen LogP) is 6.03. The standard InChI is InChI=1S/C30H35F4NO4S/c1-29(2,24-9-11-26(31)12-10-24)21-35(20-22-6-4-7-25(18-22)30(32,33)34)15-5-17-39-27-13-8-23(14-16-36)28(19-27)40(3,37)38/h4,6-13,18-19,36H,5,14-17,20-21H2,1-3H3. The van der Waals surface area contributed by atoms with E-state index in [9.17, 15) is 31.1 Å². The maximum atomic E-state index is 13.5. The molecule has 0 aliphatic carbocycles. The van der Waals surface area contributed by atoms with E-state index < -0.39 is 27.0 Å². The molecule has 0 spiro atoms. The number of rotatable bonds is 13. The van der Waals surface area contributed by atoms with Crippen molar-refractivity contribution >= 4 is 9.84 Å². The molecule has 10 heteroatoms. The van der Waals surface area contributed by atoms with Gasteiger partial charge in [0.05, 0.1) is 17.1 Å². The zero-order valence-electron chi connectivity index (χ0n) is 22.8. The van der Waals surface area contributed by atoms with Crippen molar-refractivity contribution in [3.05, 3.63) is 94.8 Å². The smallest absolute Gasteiger partial charge is 0.416 e. The lowest BCUT2D eigenvalue weighted by atomic mass is 9.84. The van der Waals surface area contributed by atoms with E-state index in [1.54, 1.807) is 30.3 Å². The van der Waals surface area contributed by atoms with Crippen molar-refractivity contribution in [1.82, 2.24) is 4.90 Å². The molecule has 0 saturated heterocycles. The molecule has 0 unspecified atom stereocenters. The molecule has 0 heterocycles. The van der Waals surface area contributed by atoms with Crippen LogP contribution in [0.4, 0.5) is 17.6 Å². The molecule has 3 aromatic rings. The average Bonchev–Trinajstić information content (AvgIpc) is 2.86. The number of sulfone groups is 1. The largest absolute Gasteiger partial charge is 0.494 e. The van der Waals surface area contributed by atoms with E-state index in [0.29, 0.717) is 36.4 Å². The highest BCUT2D eigenvalue weighted by atomic mass is 32.2. The third kappa shape index (κ3) is 9.04. The summed E-state index contributed by atoms with van der Waals surface area (Å²) in [5, 5.41) is 9.23. The number of benzene rings is 3. The van der Waals surface area contributed by atoms with Crippen molar-refractivity contribution in [3.63, 3.8) is 0 Å². The second-order valence-corrected chi connectivity index (χ2v) is 12.5. The molecule has 0 aliphatic rings. The molecule has 40 heavy (non-hydrogen) atoms. The van der Waals surface area contributed by atoms with Gasteiger partial charge in [0, 0.05) is 37.9 Å². The molecule has 3 rings (SSSR count). The quantitative estimate of drug-likeness (QED) is 0.197. The SMILES string of the molecule is CC(C)(CN(CCCOc1ccc(CCO)c(S(C)(=O)=O)c1)Cc1cccc(C(F)(F)F)c1)c1ccc(F)cc1. The Bertz CT molecular complexity index is 1370. The second kappa shape index (κ2) is 13.1. The van der Waals surface area contributed by atoms with Gasteiger partial charge >= 0.3 is 6.18 Å². The van der Waals surface area contributed by atoms with Gasteiger partial charge in [0.25, 0.3) is 0 Å². The lowest BCUT2D eigenvalue weighted by Crippen LogP contribution is -2.37. The highest BCUT2D eigenvalue weighted by molar-refractivity contribution is 7.90. The molecule has 5 nitrogen and oxygen atoms in total. The summed E-state index contributed by atoms with van der Waals surface area (Å²) in [7, 11) is -3.52. The lowest BCUT2D eigenvalue weighted by molar-refractivity contribution is -0.137. The zero-order valence-corrected chi connectivity index (χ0v) is 23.7. The number of hydrogen-bond acceptors (Lipinski definition) is 5. The van der Waals surface area contributed by atoms with Gasteiger partial charge < -0.3 is 9.84 Å². The van der Waals surface area contributed by atoms with E-state index >= 15 is 0 Å². The monoisotopic (exact) mass is 581 g/mol. The Morgan fingerprint density at radius 2 is 1.65 bits per heavy atom. The van der Waals surface area contributed by atoms with Crippen molar-refractivity contribution in [2.75, 3.05) is 32.6 Å². The zero-order chi connectivity index (χ0) is 29.6. The highest BCUT2D eigenvalue weighted by Gasteiger charge is 2.31. The van der Waals surface area contributed by atoms with Gasteiger partial charge in [-0.25, -0.2) is 12.8 Å². The lowest BCUT2D eigenvalue weighted by Gasteiger charge is -2.33. The summed E-state index contributed by atoms with van der Waals surface area (Å²) in [6.07, 6.45) is -2.62. The Morgan fingerprint density at radius 1 is 0.950 bits per heavy atom. The summed E-state index contributed by atoms with van der Waals surface area (Å²) in [6, 6.07) is 16.1. The van der Waals surface area contributed by atoms with Crippen LogP contribution in [-0.4, -0.2) is 51.0 Å². The van der Waals surface area contributed by atoms with Gasteiger partial charge in [-0.05, 0) is 59.9 Å². The normalized spacial score (nSPS) is 12.6. The molecular weight excluding hydrogens is 546 g/mol. The predicted molar refractivity (Wildman–Crippen MR) is 147 cm³/mol. The molecule has 0 aromatic heterocycles. The van der Waals surface area contributed by atoms with Gasteiger partial charge in [-0.1, -0.05) is 50.2 Å². The third-order valence-corrected chi connectivity index (χ3v) is 7.79. The van der Waals surface area contributed by atoms with Gasteiger partial charge in [0.2, 0.25) is 0 Å². The molecule has 0 radical (unpaired) electrons. The Labute approximate surface area is 233 Å². The van der Waals surface area contributed by atoms with E-state index in [1.807, 2.05) is 18.7 Å². The first-order valence-corrected chi connectivity index (χ1v) is 14.8. The van der Waals surface area contributed by atoms with Crippen LogP contribution < -0.4 is 4.74 Å². The highest BCUT2D eigenvalue weighted by Crippen LogP contribution is 2.31. The fraction of sp³-hybridized carbons (Fsp3) is 0.400. The van der Waals surface area contributed by atoms with Crippen molar-refractivity contribution in [3.8, 4) is 5.75 Å². The summed E-state index contributed by atoms with van der Waals surface area (Å²) in [6.45, 7) is 5.30. The number of nitrogens with zero attached hydrogens (tertiary/aromatic N) is 1. The summed E-state index contributed by atoms with van der Waals surface area (Å²) < 4.78 is 83.6. The summed E-state index contributed by atoms with van der Waals surface area (Å²) in [4.78, 5) is 2.14. The molecule has 0 amide bonds. The minimum absolute atomic E-state index is 0.103. The fourth-order valence-corrected chi connectivity index (χ4v) is 5.62. The number of aliphatic hydroxyl groups excluding tert-OH is 1. The fourth-order valence-electron chi connectivity index (χ4n) is 4.64. The van der Waals surface area contributed by atoms with Crippen LogP contribution in [0.1, 0.15) is 42.5 Å². The van der Waals surface area contributed by atoms with Crippen LogP contribution in [0.25, 0.3) is 0 Å². The van der Waals surface area contributed by atoms with Crippen LogP contribution in [0.15, 0.2) is 71.6 Å². The Morgan fingerprint density at radius 3 is 2.27 bits per heavy atom. The molecule has 0 saturated carbocycles. The van der Waals surface area contributed by atoms with E-state index in [2.05, 4.69) is 0 Å². The van der Waals surface area contributed by atoms with Crippen LogP contribution in [-0.2, 0) is 34.4 Å². The first kappa shape index (κ1) is 31.6. The van der Waals surface area contributed by atoms with E-state index in [4.69, 9.17) is 4.74 Å².